The van der Waals surface area contributed by atoms with Crippen LogP contribution in [0.2, 0.25) is 0 Å². The minimum Gasteiger partial charge on any atom is -0.383 e. The average Bonchev–Trinajstić information content (AvgIpc) is 2.70. The molecule has 0 fully saturated rings. The Kier molecular flexibility index (Phi) is 7.55. The molecule has 0 saturated carbocycles. The number of carbonyl (C=O) groups excluding carboxylic acids is 1. The first-order valence-corrected chi connectivity index (χ1v) is 9.81. The van der Waals surface area contributed by atoms with Crippen LogP contribution in [0.4, 0.5) is 0 Å². The number of sulfonamides is 1. The molecule has 0 saturated heterocycles. The SMILES string of the molecule is C#CCNS(=O)(=O)c1ccc(C(=O)N(CCOC)Cc2ccccc2)cc1. The molecule has 2 rings (SSSR count). The first-order chi connectivity index (χ1) is 13.0. The van der Waals surface area contributed by atoms with E-state index >= 15 is 0 Å². The van der Waals surface area contributed by atoms with E-state index in [1.165, 1.54) is 24.3 Å². The smallest absolute Gasteiger partial charge is 0.254 e. The number of rotatable bonds is 9. The molecule has 0 bridgehead atoms. The van der Waals surface area contributed by atoms with Crippen molar-refractivity contribution in [2.24, 2.45) is 0 Å². The van der Waals surface area contributed by atoms with Gasteiger partial charge in [-0.15, -0.1) is 6.42 Å². The Labute approximate surface area is 160 Å². The van der Waals surface area contributed by atoms with Crippen LogP contribution in [0.5, 0.6) is 0 Å². The summed E-state index contributed by atoms with van der Waals surface area (Å²) in [6.45, 7) is 1.17. The predicted molar refractivity (Wildman–Crippen MR) is 104 cm³/mol. The van der Waals surface area contributed by atoms with E-state index in [9.17, 15) is 13.2 Å². The number of benzene rings is 2. The zero-order chi connectivity index (χ0) is 19.7. The zero-order valence-corrected chi connectivity index (χ0v) is 15.9. The number of ether oxygens (including phenoxy) is 1. The van der Waals surface area contributed by atoms with Gasteiger partial charge in [0.25, 0.3) is 5.91 Å². The Hall–Kier alpha value is -2.66. The monoisotopic (exact) mass is 386 g/mol. The number of hydrogen-bond donors (Lipinski definition) is 1. The van der Waals surface area contributed by atoms with Gasteiger partial charge in [0.2, 0.25) is 10.0 Å². The lowest BCUT2D eigenvalue weighted by molar-refractivity contribution is 0.0680. The molecule has 0 unspecified atom stereocenters. The lowest BCUT2D eigenvalue weighted by Gasteiger charge is -2.23. The first kappa shape index (κ1) is 20.6. The Morgan fingerprint density at radius 3 is 2.41 bits per heavy atom. The van der Waals surface area contributed by atoms with E-state index in [-0.39, 0.29) is 17.3 Å². The molecule has 0 aromatic heterocycles. The van der Waals surface area contributed by atoms with Crippen molar-refractivity contribution in [3.8, 4) is 12.3 Å². The van der Waals surface area contributed by atoms with E-state index in [1.807, 2.05) is 30.3 Å². The van der Waals surface area contributed by atoms with Gasteiger partial charge in [0, 0.05) is 25.8 Å². The fourth-order valence-corrected chi connectivity index (χ4v) is 3.37. The Bertz CT molecular complexity index is 888. The third kappa shape index (κ3) is 5.93. The Morgan fingerprint density at radius 1 is 1.15 bits per heavy atom. The van der Waals surface area contributed by atoms with E-state index in [0.717, 1.165) is 5.56 Å². The summed E-state index contributed by atoms with van der Waals surface area (Å²) < 4.78 is 31.5. The summed E-state index contributed by atoms with van der Waals surface area (Å²) in [7, 11) is -2.11. The molecule has 0 atom stereocenters. The van der Waals surface area contributed by atoms with Crippen molar-refractivity contribution in [3.63, 3.8) is 0 Å². The third-order valence-corrected chi connectivity index (χ3v) is 5.26. The molecular formula is C20H22N2O4S. The van der Waals surface area contributed by atoms with Crippen LogP contribution < -0.4 is 4.72 Å². The van der Waals surface area contributed by atoms with Gasteiger partial charge in [-0.2, -0.15) is 4.72 Å². The van der Waals surface area contributed by atoms with E-state index in [0.29, 0.717) is 25.3 Å². The maximum atomic E-state index is 12.9. The number of nitrogens with one attached hydrogen (secondary N) is 1. The first-order valence-electron chi connectivity index (χ1n) is 8.33. The largest absolute Gasteiger partial charge is 0.383 e. The van der Waals surface area contributed by atoms with Crippen LogP contribution in [0, 0.1) is 12.3 Å². The second-order valence-corrected chi connectivity index (χ2v) is 7.53. The van der Waals surface area contributed by atoms with Crippen molar-refractivity contribution in [3.05, 3.63) is 65.7 Å². The van der Waals surface area contributed by atoms with Crippen molar-refractivity contribution in [1.82, 2.24) is 9.62 Å². The van der Waals surface area contributed by atoms with Crippen LogP contribution in [-0.2, 0) is 21.3 Å². The average molecular weight is 386 g/mol. The highest BCUT2D eigenvalue weighted by atomic mass is 32.2. The summed E-state index contributed by atoms with van der Waals surface area (Å²) in [6, 6.07) is 15.4. The standard InChI is InChI=1S/C20H22N2O4S/c1-3-13-21-27(24,25)19-11-9-18(10-12-19)20(23)22(14-15-26-2)16-17-7-5-4-6-8-17/h1,4-12,21H,13-16H2,2H3. The zero-order valence-electron chi connectivity index (χ0n) is 15.1. The van der Waals surface area contributed by atoms with Gasteiger partial charge in [0.05, 0.1) is 18.0 Å². The molecule has 0 aliphatic carbocycles. The molecule has 1 amide bonds. The van der Waals surface area contributed by atoms with E-state index in [1.54, 1.807) is 12.0 Å². The topological polar surface area (TPSA) is 75.7 Å². The molecule has 0 heterocycles. The summed E-state index contributed by atoms with van der Waals surface area (Å²) in [5.74, 6) is 2.02. The van der Waals surface area contributed by atoms with Gasteiger partial charge in [0.1, 0.15) is 0 Å². The maximum Gasteiger partial charge on any atom is 0.254 e. The van der Waals surface area contributed by atoms with Gasteiger partial charge < -0.3 is 9.64 Å². The van der Waals surface area contributed by atoms with Crippen LogP contribution in [0.3, 0.4) is 0 Å². The van der Waals surface area contributed by atoms with Crippen LogP contribution >= 0.6 is 0 Å². The van der Waals surface area contributed by atoms with Gasteiger partial charge in [0.15, 0.2) is 0 Å². The predicted octanol–water partition coefficient (Wildman–Crippen LogP) is 1.89. The van der Waals surface area contributed by atoms with Gasteiger partial charge in [-0.3, -0.25) is 4.79 Å². The van der Waals surface area contributed by atoms with Crippen LogP contribution in [-0.4, -0.2) is 46.0 Å². The van der Waals surface area contributed by atoms with E-state index in [2.05, 4.69) is 10.6 Å². The van der Waals surface area contributed by atoms with Gasteiger partial charge >= 0.3 is 0 Å². The fourth-order valence-electron chi connectivity index (χ4n) is 2.44. The molecule has 7 heteroatoms. The van der Waals surface area contributed by atoms with Crippen molar-refractivity contribution < 1.29 is 17.9 Å². The van der Waals surface area contributed by atoms with Gasteiger partial charge in [-0.25, -0.2) is 8.42 Å². The summed E-state index contributed by atoms with van der Waals surface area (Å²) >= 11 is 0. The number of amides is 1. The summed E-state index contributed by atoms with van der Waals surface area (Å²) in [5.41, 5.74) is 1.40. The molecule has 1 N–H and O–H groups in total. The van der Waals surface area contributed by atoms with E-state index in [4.69, 9.17) is 11.2 Å². The van der Waals surface area contributed by atoms with Crippen molar-refractivity contribution >= 4 is 15.9 Å². The van der Waals surface area contributed by atoms with Crippen molar-refractivity contribution in [1.29, 1.82) is 0 Å². The van der Waals surface area contributed by atoms with Crippen LogP contribution in [0.1, 0.15) is 15.9 Å². The molecule has 0 radical (unpaired) electrons. The summed E-state index contributed by atoms with van der Waals surface area (Å²) in [5, 5.41) is 0. The highest BCUT2D eigenvalue weighted by Crippen LogP contribution is 2.14. The Morgan fingerprint density at radius 2 is 1.81 bits per heavy atom. The lowest BCUT2D eigenvalue weighted by atomic mass is 10.1. The van der Waals surface area contributed by atoms with Gasteiger partial charge in [-0.05, 0) is 29.8 Å². The highest BCUT2D eigenvalue weighted by Gasteiger charge is 2.18. The van der Waals surface area contributed by atoms with Crippen molar-refractivity contribution in [2.75, 3.05) is 26.8 Å². The molecule has 142 valence electrons. The summed E-state index contributed by atoms with van der Waals surface area (Å²) in [4.78, 5) is 14.6. The quantitative estimate of drug-likeness (QED) is 0.668. The number of terminal acetylenes is 1. The second kappa shape index (κ2) is 9.88. The maximum absolute atomic E-state index is 12.9. The molecule has 2 aromatic carbocycles. The minimum absolute atomic E-state index is 0.0563. The Balaban J connectivity index is 2.18. The van der Waals surface area contributed by atoms with Crippen molar-refractivity contribution in [2.45, 2.75) is 11.4 Å². The van der Waals surface area contributed by atoms with E-state index < -0.39 is 10.0 Å². The van der Waals surface area contributed by atoms with Crippen LogP contribution in [0.25, 0.3) is 0 Å². The second-order valence-electron chi connectivity index (χ2n) is 5.76. The summed E-state index contributed by atoms with van der Waals surface area (Å²) in [6.07, 6.45) is 5.08. The molecule has 2 aromatic rings. The molecule has 0 aliphatic rings. The molecule has 6 nitrogen and oxygen atoms in total. The molecule has 27 heavy (non-hydrogen) atoms. The van der Waals surface area contributed by atoms with Gasteiger partial charge in [-0.1, -0.05) is 36.3 Å². The molecule has 0 aliphatic heterocycles. The number of nitrogens with zero attached hydrogens (tertiary/aromatic N) is 1. The highest BCUT2D eigenvalue weighted by molar-refractivity contribution is 7.89. The lowest BCUT2D eigenvalue weighted by Crippen LogP contribution is -2.33. The normalized spacial score (nSPS) is 11.0. The minimum atomic E-state index is -3.69. The molecule has 0 spiro atoms. The fraction of sp³-hybridized carbons (Fsp3) is 0.250. The number of carbonyl (C=O) groups is 1. The number of methoxy groups -OCH3 is 1. The number of hydrogen-bond acceptors (Lipinski definition) is 4. The molecular weight excluding hydrogens is 364 g/mol. The van der Waals surface area contributed by atoms with Crippen LogP contribution in [0.15, 0.2) is 59.5 Å². The third-order valence-electron chi connectivity index (χ3n) is 3.84.